The minimum Gasteiger partial charge on any atom is -0.362 e. The van der Waals surface area contributed by atoms with E-state index in [-0.39, 0.29) is 6.23 Å². The second-order valence-corrected chi connectivity index (χ2v) is 2.75. The third-order valence-corrected chi connectivity index (χ3v) is 1.92. The molecular weight excluding hydrogens is 166 g/mol. The van der Waals surface area contributed by atoms with Gasteiger partial charge in [0, 0.05) is 32.3 Å². The van der Waals surface area contributed by atoms with Gasteiger partial charge in [-0.05, 0) is 20.8 Å². The third kappa shape index (κ3) is 4.52. The molecule has 0 saturated carbocycles. The minimum absolute atomic E-state index is 0.0728. The third-order valence-electron chi connectivity index (χ3n) is 1.92. The first kappa shape index (κ1) is 12.0. The van der Waals surface area contributed by atoms with Crippen molar-refractivity contribution in [1.82, 2.24) is 10.3 Å². The highest BCUT2D eigenvalue weighted by atomic mass is 16.5. The molecular formula is C9H19N3O. The fourth-order valence-corrected chi connectivity index (χ4v) is 0.752. The van der Waals surface area contributed by atoms with Gasteiger partial charge in [0.25, 0.3) is 0 Å². The van der Waals surface area contributed by atoms with Crippen LogP contribution in [-0.4, -0.2) is 31.5 Å². The van der Waals surface area contributed by atoms with E-state index in [1.807, 2.05) is 38.9 Å². The van der Waals surface area contributed by atoms with Crippen LogP contribution in [0.15, 0.2) is 17.0 Å². The van der Waals surface area contributed by atoms with Gasteiger partial charge in [0.1, 0.15) is 6.23 Å². The Morgan fingerprint density at radius 2 is 2.23 bits per heavy atom. The van der Waals surface area contributed by atoms with Gasteiger partial charge >= 0.3 is 0 Å². The van der Waals surface area contributed by atoms with Crippen LogP contribution in [-0.2, 0) is 4.74 Å². The summed E-state index contributed by atoms with van der Waals surface area (Å²) in [6.45, 7) is 5.84. The van der Waals surface area contributed by atoms with Crippen LogP contribution in [0.25, 0.3) is 0 Å². The zero-order valence-electron chi connectivity index (χ0n) is 9.03. The minimum atomic E-state index is 0.0728. The monoisotopic (exact) mass is 185 g/mol. The molecule has 1 N–H and O–H groups in total. The normalized spacial score (nSPS) is 14.7. The number of ether oxygens (including phenoxy) is 1. The lowest BCUT2D eigenvalue weighted by atomic mass is 10.4. The van der Waals surface area contributed by atoms with Crippen LogP contribution >= 0.6 is 0 Å². The van der Waals surface area contributed by atoms with Gasteiger partial charge in [0.15, 0.2) is 0 Å². The number of hydrogen-bond acceptors (Lipinski definition) is 4. The Balaban J connectivity index is 4.07. The summed E-state index contributed by atoms with van der Waals surface area (Å²) in [5.41, 5.74) is 3.87. The first-order valence-electron chi connectivity index (χ1n) is 4.29. The van der Waals surface area contributed by atoms with Crippen LogP contribution < -0.4 is 5.43 Å². The largest absolute Gasteiger partial charge is 0.362 e. The van der Waals surface area contributed by atoms with Crippen molar-refractivity contribution in [2.45, 2.75) is 27.0 Å². The average molecular weight is 185 g/mol. The maximum atomic E-state index is 5.16. The summed E-state index contributed by atoms with van der Waals surface area (Å²) in [4.78, 5) is 2.01. The van der Waals surface area contributed by atoms with E-state index in [2.05, 4.69) is 10.5 Å². The predicted molar refractivity (Wildman–Crippen MR) is 55.3 cm³/mol. The summed E-state index contributed by atoms with van der Waals surface area (Å²) in [6, 6.07) is 0. The van der Waals surface area contributed by atoms with Crippen LogP contribution in [0.4, 0.5) is 0 Å². The lowest BCUT2D eigenvalue weighted by molar-refractivity contribution is 0.0159. The molecule has 0 bridgehead atoms. The van der Waals surface area contributed by atoms with E-state index in [1.54, 1.807) is 13.3 Å². The molecule has 0 aromatic carbocycles. The number of rotatable bonds is 5. The highest BCUT2D eigenvalue weighted by molar-refractivity contribution is 5.52. The summed E-state index contributed by atoms with van der Waals surface area (Å²) in [6.07, 6.45) is 3.60. The van der Waals surface area contributed by atoms with E-state index in [4.69, 9.17) is 4.74 Å². The van der Waals surface area contributed by atoms with E-state index < -0.39 is 0 Å². The summed E-state index contributed by atoms with van der Waals surface area (Å²) in [5, 5.41) is 3.86. The van der Waals surface area contributed by atoms with Crippen molar-refractivity contribution in [3.8, 4) is 0 Å². The van der Waals surface area contributed by atoms with Gasteiger partial charge < -0.3 is 9.64 Å². The molecule has 0 fully saturated rings. The number of methoxy groups -OCH3 is 1. The maximum Gasteiger partial charge on any atom is 0.126 e. The molecule has 0 aliphatic carbocycles. The van der Waals surface area contributed by atoms with E-state index in [9.17, 15) is 0 Å². The summed E-state index contributed by atoms with van der Waals surface area (Å²) < 4.78 is 5.16. The van der Waals surface area contributed by atoms with E-state index in [0.29, 0.717) is 0 Å². The van der Waals surface area contributed by atoms with Crippen molar-refractivity contribution in [3.05, 3.63) is 11.9 Å². The first-order chi connectivity index (χ1) is 6.13. The van der Waals surface area contributed by atoms with E-state index in [0.717, 1.165) is 5.70 Å². The second-order valence-electron chi connectivity index (χ2n) is 2.75. The van der Waals surface area contributed by atoms with E-state index in [1.165, 1.54) is 0 Å². The molecule has 76 valence electrons. The van der Waals surface area contributed by atoms with Crippen LogP contribution in [0.3, 0.4) is 0 Å². The molecule has 4 heteroatoms. The molecule has 0 amide bonds. The topological polar surface area (TPSA) is 36.9 Å². The molecule has 0 saturated heterocycles. The molecule has 1 unspecified atom stereocenters. The zero-order valence-corrected chi connectivity index (χ0v) is 9.03. The first-order valence-corrected chi connectivity index (χ1v) is 4.29. The van der Waals surface area contributed by atoms with Crippen LogP contribution in [0.1, 0.15) is 20.8 Å². The number of hydrogen-bond donors (Lipinski definition) is 1. The van der Waals surface area contributed by atoms with Gasteiger partial charge in [0.05, 0.1) is 0 Å². The quantitative estimate of drug-likeness (QED) is 0.399. The Morgan fingerprint density at radius 3 is 2.69 bits per heavy atom. The second kappa shape index (κ2) is 6.48. The van der Waals surface area contributed by atoms with Gasteiger partial charge in [-0.3, -0.25) is 5.43 Å². The molecule has 0 radical (unpaired) electrons. The van der Waals surface area contributed by atoms with Crippen LogP contribution in [0.2, 0.25) is 0 Å². The van der Waals surface area contributed by atoms with Crippen molar-refractivity contribution in [2.75, 3.05) is 14.2 Å². The Kier molecular flexibility index (Phi) is 5.97. The van der Waals surface area contributed by atoms with Crippen molar-refractivity contribution in [2.24, 2.45) is 5.10 Å². The van der Waals surface area contributed by atoms with Gasteiger partial charge in [-0.15, -0.1) is 0 Å². The number of hydrazone groups is 1. The van der Waals surface area contributed by atoms with Crippen LogP contribution in [0, 0.1) is 0 Å². The molecule has 13 heavy (non-hydrogen) atoms. The molecule has 0 aromatic rings. The fraction of sp³-hybridized carbons (Fsp3) is 0.667. The lowest BCUT2D eigenvalue weighted by Gasteiger charge is -2.25. The standard InChI is InChI=1S/C9H19N3O/c1-6-10-11-7-8(2)12(4)9(3)13-5/h6-7,9,11H,1-5H3/b8-7-,10-6-. The molecule has 0 spiro atoms. The molecule has 0 aliphatic rings. The summed E-state index contributed by atoms with van der Waals surface area (Å²) >= 11 is 0. The molecule has 0 heterocycles. The fourth-order valence-electron chi connectivity index (χ4n) is 0.752. The SMILES string of the molecule is C/C=N\N/C=C(/C)N(C)C(C)OC. The highest BCUT2D eigenvalue weighted by Crippen LogP contribution is 2.04. The number of nitrogens with zero attached hydrogens (tertiary/aromatic N) is 2. The predicted octanol–water partition coefficient (Wildman–Crippen LogP) is 1.37. The lowest BCUT2D eigenvalue weighted by Crippen LogP contribution is -2.29. The van der Waals surface area contributed by atoms with Gasteiger partial charge in [-0.2, -0.15) is 5.10 Å². The molecule has 0 rings (SSSR count). The number of nitrogens with one attached hydrogen (secondary N) is 1. The van der Waals surface area contributed by atoms with Gasteiger partial charge in [-0.1, -0.05) is 0 Å². The van der Waals surface area contributed by atoms with E-state index >= 15 is 0 Å². The van der Waals surface area contributed by atoms with Gasteiger partial charge in [-0.25, -0.2) is 0 Å². The van der Waals surface area contributed by atoms with Crippen LogP contribution in [0.5, 0.6) is 0 Å². The Morgan fingerprint density at radius 1 is 1.62 bits per heavy atom. The number of allylic oxidation sites excluding steroid dienone is 1. The Bertz CT molecular complexity index is 189. The molecule has 4 nitrogen and oxygen atoms in total. The van der Waals surface area contributed by atoms with Crippen molar-refractivity contribution < 1.29 is 4.74 Å². The zero-order chi connectivity index (χ0) is 10.3. The molecule has 0 aromatic heterocycles. The van der Waals surface area contributed by atoms with Crippen molar-refractivity contribution in [1.29, 1.82) is 0 Å². The maximum absolute atomic E-state index is 5.16. The Hall–Kier alpha value is -1.03. The highest BCUT2D eigenvalue weighted by Gasteiger charge is 2.06. The summed E-state index contributed by atoms with van der Waals surface area (Å²) in [7, 11) is 3.66. The smallest absolute Gasteiger partial charge is 0.126 e. The Labute approximate surface area is 80.3 Å². The average Bonchev–Trinajstić information content (AvgIpc) is 2.15. The van der Waals surface area contributed by atoms with Crippen molar-refractivity contribution in [3.63, 3.8) is 0 Å². The molecule has 0 aliphatic heterocycles. The summed E-state index contributed by atoms with van der Waals surface area (Å²) in [5.74, 6) is 0. The van der Waals surface area contributed by atoms with Crippen molar-refractivity contribution >= 4 is 6.21 Å². The van der Waals surface area contributed by atoms with Gasteiger partial charge in [0.2, 0.25) is 0 Å². The molecule has 1 atom stereocenters.